The zero-order valence-electron chi connectivity index (χ0n) is 19.7. The van der Waals surface area contributed by atoms with E-state index in [1.54, 1.807) is 6.07 Å². The average Bonchev–Trinajstić information content (AvgIpc) is 2.89. The third-order valence-corrected chi connectivity index (χ3v) is 6.79. The van der Waals surface area contributed by atoms with E-state index in [1.165, 1.54) is 18.3 Å². The fourth-order valence-corrected chi connectivity index (χ4v) is 4.86. The number of nitrogens with zero attached hydrogens (tertiary/aromatic N) is 2. The van der Waals surface area contributed by atoms with Crippen molar-refractivity contribution in [2.24, 2.45) is 0 Å². The number of morpholine rings is 1. The summed E-state index contributed by atoms with van der Waals surface area (Å²) in [4.78, 5) is 19.5. The molecule has 9 heteroatoms. The molecule has 36 heavy (non-hydrogen) atoms. The number of fused-ring (bicyclic) bond motifs is 3. The Balaban J connectivity index is 1.43. The number of pyridine rings is 1. The number of aromatic nitrogens is 1. The number of nitrogens with one attached hydrogen (secondary N) is 1. The molecule has 0 radical (unpaired) electrons. The van der Waals surface area contributed by atoms with Gasteiger partial charge in [-0.1, -0.05) is 24.3 Å². The summed E-state index contributed by atoms with van der Waals surface area (Å²) in [6.45, 7) is 1.95. The smallest absolute Gasteiger partial charge is 0.301 e. The minimum Gasteiger partial charge on any atom is -0.388 e. The molecule has 2 N–H and O–H groups in total. The molecular weight excluding hydrogens is 471 g/mol. The fraction of sp³-hybridized carbons (Fsp3) is 0.333. The van der Waals surface area contributed by atoms with E-state index in [9.17, 15) is 23.1 Å². The number of ether oxygens (including phenoxy) is 1. The number of aliphatic hydroxyl groups excluding tert-OH is 1. The summed E-state index contributed by atoms with van der Waals surface area (Å²) in [5.41, 5.74) is 4.06. The monoisotopic (exact) mass is 497 g/mol. The van der Waals surface area contributed by atoms with Crippen LogP contribution in [-0.4, -0.2) is 48.5 Å². The van der Waals surface area contributed by atoms with Gasteiger partial charge in [-0.2, -0.15) is 8.78 Å². The van der Waals surface area contributed by atoms with Crippen LogP contribution in [-0.2, 0) is 10.7 Å². The highest BCUT2D eigenvalue weighted by Crippen LogP contribution is 2.41. The highest BCUT2D eigenvalue weighted by atomic mass is 19.3. The molecular formula is C27H26F3N3O3. The number of hydrogen-bond donors (Lipinski definition) is 2. The molecule has 0 saturated carbocycles. The summed E-state index contributed by atoms with van der Waals surface area (Å²) in [6.07, 6.45) is 1.55. The van der Waals surface area contributed by atoms with Gasteiger partial charge in [-0.25, -0.2) is 4.39 Å². The summed E-state index contributed by atoms with van der Waals surface area (Å²) in [7, 11) is 0. The maximum absolute atomic E-state index is 13.7. The maximum atomic E-state index is 13.7. The Morgan fingerprint density at radius 2 is 2.08 bits per heavy atom. The Morgan fingerprint density at radius 3 is 2.89 bits per heavy atom. The summed E-state index contributed by atoms with van der Waals surface area (Å²) in [6, 6.07) is 12.5. The summed E-state index contributed by atoms with van der Waals surface area (Å²) in [5.74, 6) is -4.26. The van der Waals surface area contributed by atoms with Crippen LogP contribution in [0.1, 0.15) is 39.7 Å². The second kappa shape index (κ2) is 9.55. The van der Waals surface area contributed by atoms with E-state index in [-0.39, 0.29) is 11.6 Å². The lowest BCUT2D eigenvalue weighted by Gasteiger charge is -2.43. The lowest BCUT2D eigenvalue weighted by molar-refractivity contribution is -0.0281. The topological polar surface area (TPSA) is 74.7 Å². The van der Waals surface area contributed by atoms with E-state index < -0.39 is 30.2 Å². The number of carbonyl (C=O) groups is 1. The number of hydrogen-bond acceptors (Lipinski definition) is 5. The van der Waals surface area contributed by atoms with Crippen molar-refractivity contribution < 1.29 is 27.8 Å². The SMILES string of the molecule is Cc1ncc(NC(=O)c2cccc(C(F)(F)CF)c2)cc1-c1ccc2c(c1)N1CCOCC1CC2O. The number of carbonyl (C=O) groups excluding carboxylic acids is 1. The van der Waals surface area contributed by atoms with Crippen molar-refractivity contribution in [1.29, 1.82) is 0 Å². The fourth-order valence-electron chi connectivity index (χ4n) is 4.86. The molecule has 188 valence electrons. The molecule has 1 saturated heterocycles. The van der Waals surface area contributed by atoms with Gasteiger partial charge in [0.1, 0.15) is 0 Å². The van der Waals surface area contributed by atoms with Gasteiger partial charge in [-0.15, -0.1) is 0 Å². The quantitative estimate of drug-likeness (QED) is 0.518. The van der Waals surface area contributed by atoms with E-state index in [0.717, 1.165) is 46.7 Å². The van der Waals surface area contributed by atoms with Crippen molar-refractivity contribution in [3.8, 4) is 11.1 Å². The van der Waals surface area contributed by atoms with Crippen molar-refractivity contribution in [3.63, 3.8) is 0 Å². The first kappa shape index (κ1) is 24.3. The highest BCUT2D eigenvalue weighted by Gasteiger charge is 2.34. The van der Waals surface area contributed by atoms with E-state index >= 15 is 0 Å². The number of benzene rings is 2. The van der Waals surface area contributed by atoms with Crippen LogP contribution in [0, 0.1) is 6.92 Å². The first-order valence-corrected chi connectivity index (χ1v) is 11.8. The highest BCUT2D eigenvalue weighted by molar-refractivity contribution is 6.04. The zero-order valence-corrected chi connectivity index (χ0v) is 19.7. The minimum absolute atomic E-state index is 0.0103. The molecule has 1 fully saturated rings. The molecule has 1 aromatic heterocycles. The molecule has 2 aliphatic rings. The van der Waals surface area contributed by atoms with Crippen LogP contribution < -0.4 is 10.2 Å². The number of aliphatic hydroxyl groups is 1. The van der Waals surface area contributed by atoms with Crippen molar-refractivity contribution in [1.82, 2.24) is 4.98 Å². The molecule has 5 rings (SSSR count). The predicted molar refractivity (Wildman–Crippen MR) is 130 cm³/mol. The van der Waals surface area contributed by atoms with Gasteiger partial charge < -0.3 is 20.1 Å². The van der Waals surface area contributed by atoms with Gasteiger partial charge in [0, 0.05) is 46.6 Å². The summed E-state index contributed by atoms with van der Waals surface area (Å²) < 4.78 is 45.8. The number of halogens is 3. The lowest BCUT2D eigenvalue weighted by Crippen LogP contribution is -2.49. The van der Waals surface area contributed by atoms with Crippen LogP contribution in [0.5, 0.6) is 0 Å². The predicted octanol–water partition coefficient (Wildman–Crippen LogP) is 5.01. The van der Waals surface area contributed by atoms with Crippen molar-refractivity contribution >= 4 is 17.3 Å². The van der Waals surface area contributed by atoms with Gasteiger partial charge in [-0.3, -0.25) is 9.78 Å². The van der Waals surface area contributed by atoms with Crippen LogP contribution >= 0.6 is 0 Å². The Hall–Kier alpha value is -3.43. The third-order valence-electron chi connectivity index (χ3n) is 6.79. The first-order valence-electron chi connectivity index (χ1n) is 11.8. The number of anilines is 2. The molecule has 6 nitrogen and oxygen atoms in total. The number of rotatable bonds is 5. The van der Waals surface area contributed by atoms with Gasteiger partial charge in [0.25, 0.3) is 5.91 Å². The van der Waals surface area contributed by atoms with Crippen molar-refractivity contribution in [3.05, 3.63) is 77.1 Å². The molecule has 3 heterocycles. The van der Waals surface area contributed by atoms with Gasteiger partial charge in [0.05, 0.1) is 37.2 Å². The van der Waals surface area contributed by atoms with Crippen LogP contribution in [0.4, 0.5) is 24.5 Å². The maximum Gasteiger partial charge on any atom is 0.301 e. The molecule has 3 aromatic rings. The minimum atomic E-state index is -3.66. The molecule has 2 aromatic carbocycles. The first-order chi connectivity index (χ1) is 17.3. The second-order valence-electron chi connectivity index (χ2n) is 9.18. The van der Waals surface area contributed by atoms with Gasteiger partial charge >= 0.3 is 5.92 Å². The van der Waals surface area contributed by atoms with E-state index in [1.807, 2.05) is 25.1 Å². The molecule has 2 unspecified atom stereocenters. The molecule has 2 aliphatic heterocycles. The molecule has 0 aliphatic carbocycles. The molecule has 0 spiro atoms. The number of aryl methyl sites for hydroxylation is 1. The summed E-state index contributed by atoms with van der Waals surface area (Å²) >= 11 is 0. The third kappa shape index (κ3) is 4.56. The zero-order chi connectivity index (χ0) is 25.4. The average molecular weight is 498 g/mol. The number of alkyl halides is 3. The standard InChI is InChI=1S/C27H26F3N3O3/c1-16-23(17-5-6-22-24(10-17)33-7-8-36-14-21(33)12-25(22)34)11-20(13-31-16)32-26(35)18-3-2-4-19(9-18)27(29,30)15-28/h2-6,9-11,13,21,25,34H,7-8,12,14-15H2,1H3,(H,32,35). The second-order valence-corrected chi connectivity index (χ2v) is 9.18. The summed E-state index contributed by atoms with van der Waals surface area (Å²) in [5, 5.41) is 13.3. The van der Waals surface area contributed by atoms with E-state index in [4.69, 9.17) is 4.74 Å². The van der Waals surface area contributed by atoms with E-state index in [0.29, 0.717) is 25.3 Å². The van der Waals surface area contributed by atoms with Crippen LogP contribution in [0.25, 0.3) is 11.1 Å². The van der Waals surface area contributed by atoms with Crippen molar-refractivity contribution in [2.75, 3.05) is 36.6 Å². The number of amides is 1. The Morgan fingerprint density at radius 1 is 1.25 bits per heavy atom. The van der Waals surface area contributed by atoms with Gasteiger partial charge in [0.2, 0.25) is 0 Å². The van der Waals surface area contributed by atoms with Gasteiger partial charge in [-0.05, 0) is 36.8 Å². The normalized spacial score (nSPS) is 19.4. The Labute approximate surface area is 206 Å². The van der Waals surface area contributed by atoms with Crippen LogP contribution in [0.15, 0.2) is 54.7 Å². The lowest BCUT2D eigenvalue weighted by atomic mass is 9.90. The van der Waals surface area contributed by atoms with Gasteiger partial charge in [0.15, 0.2) is 6.67 Å². The largest absolute Gasteiger partial charge is 0.388 e. The van der Waals surface area contributed by atoms with Crippen molar-refractivity contribution in [2.45, 2.75) is 31.4 Å². The Kier molecular flexibility index (Phi) is 6.44. The molecule has 2 atom stereocenters. The molecule has 1 amide bonds. The Bertz CT molecular complexity index is 1300. The van der Waals surface area contributed by atoms with Crippen LogP contribution in [0.3, 0.4) is 0 Å². The van der Waals surface area contributed by atoms with E-state index in [2.05, 4.69) is 15.2 Å². The molecule has 0 bridgehead atoms. The van der Waals surface area contributed by atoms with Crippen LogP contribution in [0.2, 0.25) is 0 Å².